The van der Waals surface area contributed by atoms with Gasteiger partial charge < -0.3 is 9.30 Å². The zero-order valence-electron chi connectivity index (χ0n) is 30.9. The summed E-state index contributed by atoms with van der Waals surface area (Å²) in [6.45, 7) is 17.9. The molecule has 4 aromatic carbocycles. The fraction of sp³-hybridized carbons (Fsp3) is 0.289. The van der Waals surface area contributed by atoms with Crippen LogP contribution in [-0.2, 0) is 44.7 Å². The molecule has 0 unspecified atom stereocenters. The number of nitrogens with zero attached hydrogens (tertiary/aromatic N) is 4. The average molecular weight is 854 g/mol. The van der Waals surface area contributed by atoms with E-state index in [4.69, 9.17) is 14.8 Å². The minimum absolute atomic E-state index is 0. The third kappa shape index (κ3) is 7.06. The Kier molecular flexibility index (Phi) is 10.2. The maximum Gasteiger partial charge on any atom is 2.00 e. The maximum atomic E-state index is 6.72. The van der Waals surface area contributed by atoms with Gasteiger partial charge in [0, 0.05) is 34.2 Å². The van der Waals surface area contributed by atoms with E-state index in [9.17, 15) is 0 Å². The summed E-state index contributed by atoms with van der Waals surface area (Å²) in [4.78, 5) is 4.79. The van der Waals surface area contributed by atoms with Gasteiger partial charge in [-0.25, -0.2) is 4.98 Å². The minimum Gasteiger partial charge on any atom is -0.509 e. The first-order valence-corrected chi connectivity index (χ1v) is 17.8. The van der Waals surface area contributed by atoms with Gasteiger partial charge in [-0.05, 0) is 58.7 Å². The number of pyridine rings is 1. The molecule has 0 aliphatic heterocycles. The molecule has 51 heavy (non-hydrogen) atoms. The SMILES string of the molecule is CCCc1nn(-c2[c-]c(Oc3[c-]c4c(cc3)c3ccccc3n4-c3cc(CC)ccn3)cc(C(C)(C)C)c2)c(C(C)(C)C)c1-c1ccccc1.[Pt+2]. The molecule has 0 N–H and O–H groups in total. The fourth-order valence-corrected chi connectivity index (χ4v) is 6.87. The minimum atomic E-state index is -0.188. The van der Waals surface area contributed by atoms with E-state index in [2.05, 4.69) is 162 Å². The van der Waals surface area contributed by atoms with Crippen molar-refractivity contribution in [2.45, 2.75) is 85.5 Å². The van der Waals surface area contributed by atoms with Gasteiger partial charge in [0.1, 0.15) is 5.82 Å². The van der Waals surface area contributed by atoms with Gasteiger partial charge in [-0.1, -0.05) is 116 Å². The van der Waals surface area contributed by atoms with Crippen LogP contribution in [-0.4, -0.2) is 19.3 Å². The standard InChI is InChI=1S/C45H46N4O.Pt/c1-9-16-38-42(31-17-12-11-13-18-31)43(45(6,7)8)49(47-38)33-26-32(44(3,4)5)27-35(28-33)50-34-21-22-37-36-19-14-15-20-39(36)48(40(37)29-34)41-25-30(10-2)23-24-46-41;/h11-15,17-27H,9-10,16H2,1-8H3;/q-2;+2. The maximum absolute atomic E-state index is 6.72. The van der Waals surface area contributed by atoms with Crippen molar-refractivity contribution in [2.75, 3.05) is 0 Å². The van der Waals surface area contributed by atoms with Crippen LogP contribution in [0.4, 0.5) is 0 Å². The molecule has 0 saturated heterocycles. The molecule has 7 aromatic rings. The van der Waals surface area contributed by atoms with E-state index < -0.39 is 0 Å². The molecule has 6 heteroatoms. The number of ether oxygens (including phenoxy) is 1. The normalized spacial score (nSPS) is 12.0. The van der Waals surface area contributed by atoms with E-state index >= 15 is 0 Å². The number of para-hydroxylation sites is 1. The Labute approximate surface area is 317 Å². The quantitative estimate of drug-likeness (QED) is 0.143. The van der Waals surface area contributed by atoms with Crippen LogP contribution in [0.1, 0.15) is 84.3 Å². The van der Waals surface area contributed by atoms with Crippen molar-refractivity contribution in [1.29, 1.82) is 0 Å². The second-order valence-corrected chi connectivity index (χ2v) is 15.2. The largest absolute Gasteiger partial charge is 2.00 e. The smallest absolute Gasteiger partial charge is 0.509 e. The number of hydrogen-bond donors (Lipinski definition) is 0. The van der Waals surface area contributed by atoms with Gasteiger partial charge >= 0.3 is 21.1 Å². The van der Waals surface area contributed by atoms with Crippen LogP contribution < -0.4 is 4.74 Å². The van der Waals surface area contributed by atoms with Gasteiger partial charge in [0.15, 0.2) is 0 Å². The Morgan fingerprint density at radius 1 is 0.745 bits per heavy atom. The van der Waals surface area contributed by atoms with Gasteiger partial charge in [-0.15, -0.1) is 41.3 Å². The summed E-state index contributed by atoms with van der Waals surface area (Å²) in [6.07, 6.45) is 4.72. The second kappa shape index (κ2) is 14.3. The summed E-state index contributed by atoms with van der Waals surface area (Å²) in [5.74, 6) is 2.12. The molecule has 262 valence electrons. The summed E-state index contributed by atoms with van der Waals surface area (Å²) in [7, 11) is 0. The Balaban J connectivity index is 0.00000448. The van der Waals surface area contributed by atoms with Gasteiger partial charge in [0.05, 0.1) is 11.4 Å². The van der Waals surface area contributed by atoms with Crippen LogP contribution in [0.5, 0.6) is 11.5 Å². The molecular formula is C45H46N4OPt. The molecule has 5 nitrogen and oxygen atoms in total. The zero-order chi connectivity index (χ0) is 35.2. The van der Waals surface area contributed by atoms with Crippen molar-refractivity contribution in [3.05, 3.63) is 132 Å². The number of aryl methyl sites for hydroxylation is 2. The molecule has 3 aromatic heterocycles. The Hall–Kier alpha value is -4.47. The second-order valence-electron chi connectivity index (χ2n) is 15.2. The van der Waals surface area contributed by atoms with Crippen LogP contribution >= 0.6 is 0 Å². The monoisotopic (exact) mass is 853 g/mol. The van der Waals surface area contributed by atoms with E-state index in [1.165, 1.54) is 22.4 Å². The summed E-state index contributed by atoms with van der Waals surface area (Å²) < 4.78 is 11.0. The molecule has 0 fully saturated rings. The third-order valence-corrected chi connectivity index (χ3v) is 9.37. The van der Waals surface area contributed by atoms with Gasteiger partial charge in [-0.3, -0.25) is 4.68 Å². The first kappa shape index (κ1) is 36.3. The molecule has 7 rings (SSSR count). The van der Waals surface area contributed by atoms with E-state index in [1.807, 2.05) is 12.3 Å². The van der Waals surface area contributed by atoms with Crippen LogP contribution in [0, 0.1) is 12.1 Å². The van der Waals surface area contributed by atoms with Crippen molar-refractivity contribution in [3.8, 4) is 34.1 Å². The molecule has 0 radical (unpaired) electrons. The molecule has 0 amide bonds. The van der Waals surface area contributed by atoms with Crippen LogP contribution in [0.25, 0.3) is 44.4 Å². The van der Waals surface area contributed by atoms with Crippen molar-refractivity contribution in [2.24, 2.45) is 0 Å². The summed E-state index contributed by atoms with van der Waals surface area (Å²) in [5, 5.41) is 7.58. The average Bonchev–Trinajstić information content (AvgIpc) is 3.65. The molecule has 0 bridgehead atoms. The van der Waals surface area contributed by atoms with Gasteiger partial charge in [0.2, 0.25) is 0 Å². The van der Waals surface area contributed by atoms with Crippen molar-refractivity contribution >= 4 is 21.8 Å². The first-order valence-electron chi connectivity index (χ1n) is 17.8. The summed E-state index contributed by atoms with van der Waals surface area (Å²) in [6, 6.07) is 39.1. The van der Waals surface area contributed by atoms with Crippen molar-refractivity contribution in [1.82, 2.24) is 19.3 Å². The van der Waals surface area contributed by atoms with E-state index in [0.29, 0.717) is 11.5 Å². The predicted octanol–water partition coefficient (Wildman–Crippen LogP) is 11.5. The molecule has 0 atom stereocenters. The van der Waals surface area contributed by atoms with E-state index in [-0.39, 0.29) is 31.9 Å². The molecule has 0 aliphatic rings. The van der Waals surface area contributed by atoms with Crippen LogP contribution in [0.15, 0.2) is 97.2 Å². The summed E-state index contributed by atoms with van der Waals surface area (Å²) >= 11 is 0. The van der Waals surface area contributed by atoms with Crippen molar-refractivity contribution in [3.63, 3.8) is 0 Å². The van der Waals surface area contributed by atoms with E-state index in [1.54, 1.807) is 0 Å². The van der Waals surface area contributed by atoms with Gasteiger partial charge in [-0.2, -0.15) is 11.2 Å². The van der Waals surface area contributed by atoms with Crippen LogP contribution in [0.2, 0.25) is 0 Å². The fourth-order valence-electron chi connectivity index (χ4n) is 6.87. The van der Waals surface area contributed by atoms with Crippen molar-refractivity contribution < 1.29 is 25.8 Å². The Morgan fingerprint density at radius 3 is 2.20 bits per heavy atom. The van der Waals surface area contributed by atoms with Crippen LogP contribution in [0.3, 0.4) is 0 Å². The molecular weight excluding hydrogens is 808 g/mol. The third-order valence-electron chi connectivity index (χ3n) is 9.37. The van der Waals surface area contributed by atoms with Gasteiger partial charge in [0.25, 0.3) is 0 Å². The predicted molar refractivity (Wildman–Crippen MR) is 206 cm³/mol. The number of rotatable bonds is 8. The van der Waals surface area contributed by atoms with E-state index in [0.717, 1.165) is 63.8 Å². The Morgan fingerprint density at radius 2 is 1.49 bits per heavy atom. The molecule has 0 spiro atoms. The summed E-state index contributed by atoms with van der Waals surface area (Å²) in [5.41, 5.74) is 9.61. The number of aromatic nitrogens is 4. The zero-order valence-corrected chi connectivity index (χ0v) is 33.1. The molecule has 0 aliphatic carbocycles. The molecule has 3 heterocycles. The number of benzene rings is 4. The molecule has 0 saturated carbocycles. The number of hydrogen-bond acceptors (Lipinski definition) is 3. The first-order chi connectivity index (χ1) is 24.0. The number of fused-ring (bicyclic) bond motifs is 3. The topological polar surface area (TPSA) is 44.9 Å². The Bertz CT molecular complexity index is 2320.